The van der Waals surface area contributed by atoms with Gasteiger partial charge in [0.2, 0.25) is 0 Å². The molecule has 10 rings (SSSR count). The lowest BCUT2D eigenvalue weighted by Gasteiger charge is -2.29. The third kappa shape index (κ3) is 6.15. The van der Waals surface area contributed by atoms with Gasteiger partial charge in [-0.1, -0.05) is 184 Å². The van der Waals surface area contributed by atoms with E-state index in [4.69, 9.17) is 4.42 Å². The van der Waals surface area contributed by atoms with Crippen LogP contribution in [0, 0.1) is 0 Å². The second kappa shape index (κ2) is 15.1. The van der Waals surface area contributed by atoms with Crippen molar-refractivity contribution in [3.8, 4) is 44.5 Å². The highest BCUT2D eigenvalue weighted by Crippen LogP contribution is 2.50. The summed E-state index contributed by atoms with van der Waals surface area (Å²) in [6.07, 6.45) is 1.77. The monoisotopic (exact) mass is 745 g/mol. The van der Waals surface area contributed by atoms with Crippen LogP contribution in [0.1, 0.15) is 25.0 Å². The summed E-state index contributed by atoms with van der Waals surface area (Å²) < 4.78 is 7.33. The average Bonchev–Trinajstić information content (AvgIpc) is 3.68. The van der Waals surface area contributed by atoms with Crippen LogP contribution in [0.25, 0.3) is 77.2 Å². The van der Waals surface area contributed by atoms with Crippen LogP contribution in [0.2, 0.25) is 0 Å². The van der Waals surface area contributed by atoms with E-state index >= 15 is 0 Å². The maximum Gasteiger partial charge on any atom is 0.159 e. The van der Waals surface area contributed by atoms with Gasteiger partial charge in [-0.25, -0.2) is 0 Å². The number of furan rings is 1. The number of hydrogen-bond acceptors (Lipinski definition) is 2. The van der Waals surface area contributed by atoms with Crippen LogP contribution in [-0.2, 0) is 12.8 Å². The molecule has 0 unspecified atom stereocenters. The maximum atomic E-state index is 7.33. The summed E-state index contributed by atoms with van der Waals surface area (Å²) in [6.45, 7) is 4.53. The SMILES string of the molecule is CCc1ccccc1-c1cc2c(oc3c(-c4cccc5ccccc45)cccc32)c(N(c2ccccc2)c2ccc(-c3ccc(-c4ccccc4)cc3)cc2)c1CC. The van der Waals surface area contributed by atoms with E-state index in [1.807, 2.05) is 0 Å². The molecule has 2 nitrogen and oxygen atoms in total. The van der Waals surface area contributed by atoms with Gasteiger partial charge in [-0.05, 0) is 104 Å². The molecule has 278 valence electrons. The molecule has 58 heavy (non-hydrogen) atoms. The van der Waals surface area contributed by atoms with E-state index in [1.165, 1.54) is 60.8 Å². The lowest BCUT2D eigenvalue weighted by molar-refractivity contribution is 0.669. The second-order valence-electron chi connectivity index (χ2n) is 15.0. The molecule has 0 bridgehead atoms. The molecule has 2 heteroatoms. The van der Waals surface area contributed by atoms with Gasteiger partial charge in [-0.2, -0.15) is 0 Å². The zero-order chi connectivity index (χ0) is 39.0. The van der Waals surface area contributed by atoms with Gasteiger partial charge in [0, 0.05) is 27.7 Å². The molecule has 0 saturated heterocycles. The van der Waals surface area contributed by atoms with Crippen LogP contribution < -0.4 is 4.90 Å². The summed E-state index contributed by atoms with van der Waals surface area (Å²) in [5, 5.41) is 4.65. The Kier molecular flexibility index (Phi) is 9.16. The summed E-state index contributed by atoms with van der Waals surface area (Å²) >= 11 is 0. The first-order valence-electron chi connectivity index (χ1n) is 20.4. The molecular weight excluding hydrogens is 703 g/mol. The Morgan fingerprint density at radius 1 is 0.379 bits per heavy atom. The Hall–Kier alpha value is -7.16. The minimum atomic E-state index is 0.820. The van der Waals surface area contributed by atoms with E-state index in [9.17, 15) is 0 Å². The van der Waals surface area contributed by atoms with E-state index < -0.39 is 0 Å². The number of fused-ring (bicyclic) bond motifs is 4. The Morgan fingerprint density at radius 2 is 0.914 bits per heavy atom. The van der Waals surface area contributed by atoms with Gasteiger partial charge >= 0.3 is 0 Å². The fourth-order valence-corrected chi connectivity index (χ4v) is 8.83. The molecule has 9 aromatic carbocycles. The van der Waals surface area contributed by atoms with Crippen molar-refractivity contribution in [2.45, 2.75) is 26.7 Å². The van der Waals surface area contributed by atoms with Crippen molar-refractivity contribution >= 4 is 49.8 Å². The average molecular weight is 746 g/mol. The van der Waals surface area contributed by atoms with E-state index in [-0.39, 0.29) is 0 Å². The third-order valence-corrected chi connectivity index (χ3v) is 11.7. The van der Waals surface area contributed by atoms with E-state index in [2.05, 4.69) is 219 Å². The summed E-state index contributed by atoms with van der Waals surface area (Å²) in [5.41, 5.74) is 17.2. The molecular formula is C56H43NO. The zero-order valence-corrected chi connectivity index (χ0v) is 32.8. The Balaban J connectivity index is 1.22. The Labute approximate surface area is 340 Å². The minimum absolute atomic E-state index is 0.820. The first-order valence-corrected chi connectivity index (χ1v) is 20.4. The van der Waals surface area contributed by atoms with Crippen LogP contribution in [0.15, 0.2) is 205 Å². The number of hydrogen-bond donors (Lipinski definition) is 0. The highest BCUT2D eigenvalue weighted by Gasteiger charge is 2.27. The van der Waals surface area contributed by atoms with Crippen molar-refractivity contribution in [1.82, 2.24) is 0 Å². The summed E-state index contributed by atoms with van der Waals surface area (Å²) in [4.78, 5) is 2.42. The molecule has 1 aromatic heterocycles. The minimum Gasteiger partial charge on any atom is -0.453 e. The third-order valence-electron chi connectivity index (χ3n) is 11.7. The molecule has 10 aromatic rings. The van der Waals surface area contributed by atoms with Crippen molar-refractivity contribution in [1.29, 1.82) is 0 Å². The van der Waals surface area contributed by atoms with E-state index in [1.54, 1.807) is 0 Å². The second-order valence-corrected chi connectivity index (χ2v) is 15.0. The normalized spacial score (nSPS) is 11.4. The molecule has 0 fully saturated rings. The molecule has 0 aliphatic rings. The number of benzene rings is 9. The largest absolute Gasteiger partial charge is 0.453 e. The molecule has 0 aliphatic carbocycles. The smallest absolute Gasteiger partial charge is 0.159 e. The van der Waals surface area contributed by atoms with Gasteiger partial charge in [-0.15, -0.1) is 0 Å². The van der Waals surface area contributed by atoms with E-state index in [0.717, 1.165) is 57.4 Å². The Morgan fingerprint density at radius 3 is 1.64 bits per heavy atom. The number of aryl methyl sites for hydroxylation is 1. The standard InChI is InChI=1S/C56H43NO/c1-3-38-17-11-13-24-47(38)52-37-53-51-28-16-27-50(49-26-15-21-43-20-12-14-25-48(43)49)55(51)58-56(53)54(46(52)4-2)57(44-22-9-6-10-23-44)45-35-33-42(34-36-45)41-31-29-40(30-32-41)39-18-7-5-8-19-39/h5-37H,3-4H2,1-2H3. The number of para-hydroxylation sites is 2. The number of rotatable bonds is 9. The first kappa shape index (κ1) is 35.3. The van der Waals surface area contributed by atoms with Crippen molar-refractivity contribution < 1.29 is 4.42 Å². The molecule has 0 atom stereocenters. The Bertz CT molecular complexity index is 3040. The van der Waals surface area contributed by atoms with E-state index in [0.29, 0.717) is 0 Å². The van der Waals surface area contributed by atoms with Crippen molar-refractivity contribution in [3.05, 3.63) is 211 Å². The van der Waals surface area contributed by atoms with Crippen LogP contribution in [0.3, 0.4) is 0 Å². The van der Waals surface area contributed by atoms with Crippen molar-refractivity contribution in [2.75, 3.05) is 4.90 Å². The molecule has 0 saturated carbocycles. The molecule has 0 amide bonds. The van der Waals surface area contributed by atoms with Gasteiger partial charge in [-0.3, -0.25) is 0 Å². The maximum absolute atomic E-state index is 7.33. The van der Waals surface area contributed by atoms with Crippen LogP contribution in [0.4, 0.5) is 17.1 Å². The van der Waals surface area contributed by atoms with Gasteiger partial charge < -0.3 is 9.32 Å². The van der Waals surface area contributed by atoms with Gasteiger partial charge in [0.05, 0.1) is 5.69 Å². The first-order chi connectivity index (χ1) is 28.7. The predicted octanol–water partition coefficient (Wildman–Crippen LogP) is 16.0. The summed E-state index contributed by atoms with van der Waals surface area (Å²) in [7, 11) is 0. The number of nitrogens with zero attached hydrogens (tertiary/aromatic N) is 1. The van der Waals surface area contributed by atoms with Crippen LogP contribution >= 0.6 is 0 Å². The fraction of sp³-hybridized carbons (Fsp3) is 0.0714. The highest BCUT2D eigenvalue weighted by atomic mass is 16.3. The van der Waals surface area contributed by atoms with Crippen LogP contribution in [0.5, 0.6) is 0 Å². The molecule has 0 spiro atoms. The summed E-state index contributed by atoms with van der Waals surface area (Å²) in [5.74, 6) is 0. The predicted molar refractivity (Wildman–Crippen MR) is 246 cm³/mol. The highest BCUT2D eigenvalue weighted by molar-refractivity contribution is 6.17. The molecule has 0 aliphatic heterocycles. The molecule has 1 heterocycles. The van der Waals surface area contributed by atoms with Crippen LogP contribution in [-0.4, -0.2) is 0 Å². The summed E-state index contributed by atoms with van der Waals surface area (Å²) in [6, 6.07) is 72.3. The van der Waals surface area contributed by atoms with Gasteiger partial charge in [0.1, 0.15) is 5.58 Å². The quantitative estimate of drug-likeness (QED) is 0.146. The molecule has 0 N–H and O–H groups in total. The number of anilines is 3. The lowest BCUT2D eigenvalue weighted by Crippen LogP contribution is -2.13. The van der Waals surface area contributed by atoms with Gasteiger partial charge in [0.15, 0.2) is 5.58 Å². The molecule has 0 radical (unpaired) electrons. The topological polar surface area (TPSA) is 16.4 Å². The zero-order valence-electron chi connectivity index (χ0n) is 32.8. The fourth-order valence-electron chi connectivity index (χ4n) is 8.83. The van der Waals surface area contributed by atoms with Crippen molar-refractivity contribution in [2.24, 2.45) is 0 Å². The van der Waals surface area contributed by atoms with Crippen molar-refractivity contribution in [3.63, 3.8) is 0 Å². The lowest BCUT2D eigenvalue weighted by atomic mass is 9.89. The van der Waals surface area contributed by atoms with Gasteiger partial charge in [0.25, 0.3) is 0 Å².